The summed E-state index contributed by atoms with van der Waals surface area (Å²) in [5.74, 6) is -0.0655. The van der Waals surface area contributed by atoms with Crippen molar-refractivity contribution in [2.24, 2.45) is 0 Å². The van der Waals surface area contributed by atoms with Crippen molar-refractivity contribution in [2.45, 2.75) is 360 Å². The lowest BCUT2D eigenvalue weighted by Crippen LogP contribution is -2.45. The van der Waals surface area contributed by atoms with Crippen molar-refractivity contribution in [3.05, 3.63) is 24.3 Å². The molecule has 4 heteroatoms. The van der Waals surface area contributed by atoms with Crippen molar-refractivity contribution in [2.75, 3.05) is 6.61 Å². The van der Waals surface area contributed by atoms with Crippen LogP contribution in [0.2, 0.25) is 0 Å². The van der Waals surface area contributed by atoms with Crippen LogP contribution in [0.15, 0.2) is 24.3 Å². The Balaban J connectivity index is 3.47. The number of allylic oxidation sites excluding steroid dienone is 3. The van der Waals surface area contributed by atoms with Crippen LogP contribution in [-0.4, -0.2) is 34.9 Å². The molecule has 1 amide bonds. The number of nitrogens with one attached hydrogen (secondary N) is 1. The molecule has 0 aromatic carbocycles. The maximum atomic E-state index is 12.5. The van der Waals surface area contributed by atoms with E-state index in [1.165, 1.54) is 295 Å². The largest absolute Gasteiger partial charge is 0.394 e. The van der Waals surface area contributed by atoms with E-state index in [-0.39, 0.29) is 12.5 Å². The molecule has 2 unspecified atom stereocenters. The Labute approximate surface area is 415 Å². The average Bonchev–Trinajstić information content (AvgIpc) is 3.32. The number of hydrogen-bond donors (Lipinski definition) is 3. The van der Waals surface area contributed by atoms with Crippen LogP contribution >= 0.6 is 0 Å². The minimum atomic E-state index is -0.860. The van der Waals surface area contributed by atoms with Gasteiger partial charge in [0.1, 0.15) is 0 Å². The number of unbranched alkanes of at least 4 members (excludes halogenated alkanes) is 48. The maximum Gasteiger partial charge on any atom is 0.220 e. The molecule has 0 saturated heterocycles. The highest BCUT2D eigenvalue weighted by Crippen LogP contribution is 2.18. The molecule has 0 aliphatic carbocycles. The van der Waals surface area contributed by atoms with E-state index in [0.29, 0.717) is 6.42 Å². The molecule has 4 nitrogen and oxygen atoms in total. The molecule has 0 saturated carbocycles. The molecule has 0 aliphatic rings. The van der Waals surface area contributed by atoms with Crippen LogP contribution in [-0.2, 0) is 4.79 Å². The predicted octanol–water partition coefficient (Wildman–Crippen LogP) is 20.3. The normalized spacial score (nSPS) is 12.8. The number of amides is 1. The van der Waals surface area contributed by atoms with Crippen molar-refractivity contribution in [1.82, 2.24) is 5.32 Å². The third kappa shape index (κ3) is 53.8. The molecule has 0 bridgehead atoms. The first-order valence-corrected chi connectivity index (χ1v) is 30.6. The van der Waals surface area contributed by atoms with Gasteiger partial charge in [0.15, 0.2) is 0 Å². The molecule has 0 fully saturated rings. The van der Waals surface area contributed by atoms with Crippen LogP contribution in [0.4, 0.5) is 0 Å². The van der Waals surface area contributed by atoms with Crippen LogP contribution in [0, 0.1) is 0 Å². The van der Waals surface area contributed by atoms with E-state index in [2.05, 4.69) is 31.3 Å². The van der Waals surface area contributed by atoms with Crippen LogP contribution in [0.5, 0.6) is 0 Å². The Morgan fingerprint density at radius 3 is 0.879 bits per heavy atom. The van der Waals surface area contributed by atoms with Gasteiger partial charge in [-0.1, -0.05) is 334 Å². The summed E-state index contributed by atoms with van der Waals surface area (Å²) in [5.41, 5.74) is 0. The molecule has 392 valence electrons. The number of rotatable bonds is 57. The molecule has 2 atom stereocenters. The average molecular weight is 929 g/mol. The van der Waals surface area contributed by atoms with Crippen LogP contribution in [0.25, 0.3) is 0 Å². The lowest BCUT2D eigenvalue weighted by Gasteiger charge is -2.19. The Hall–Kier alpha value is -1.13. The highest BCUT2D eigenvalue weighted by Gasteiger charge is 2.18. The minimum Gasteiger partial charge on any atom is -0.394 e. The molecule has 0 spiro atoms. The zero-order valence-corrected chi connectivity index (χ0v) is 45.2. The van der Waals surface area contributed by atoms with Gasteiger partial charge < -0.3 is 15.5 Å². The summed E-state index contributed by atoms with van der Waals surface area (Å²) in [7, 11) is 0. The lowest BCUT2D eigenvalue weighted by atomic mass is 10.0. The number of aliphatic hydroxyl groups excluding tert-OH is 2. The van der Waals surface area contributed by atoms with Gasteiger partial charge in [-0.3, -0.25) is 4.79 Å². The summed E-state index contributed by atoms with van der Waals surface area (Å²) < 4.78 is 0. The second-order valence-corrected chi connectivity index (χ2v) is 21.1. The van der Waals surface area contributed by atoms with Crippen LogP contribution in [0.3, 0.4) is 0 Å². The predicted molar refractivity (Wildman–Crippen MR) is 295 cm³/mol. The van der Waals surface area contributed by atoms with E-state index in [1.807, 2.05) is 6.08 Å². The van der Waals surface area contributed by atoms with E-state index >= 15 is 0 Å². The molecule has 0 rings (SSSR count). The third-order valence-corrected chi connectivity index (χ3v) is 14.4. The molecule has 0 aromatic rings. The zero-order valence-electron chi connectivity index (χ0n) is 45.2. The summed E-state index contributed by atoms with van der Waals surface area (Å²) in [5, 5.41) is 23.2. The number of hydrogen-bond acceptors (Lipinski definition) is 3. The summed E-state index contributed by atoms with van der Waals surface area (Å²) >= 11 is 0. The maximum absolute atomic E-state index is 12.5. The topological polar surface area (TPSA) is 69.6 Å². The van der Waals surface area contributed by atoms with Crippen LogP contribution < -0.4 is 5.32 Å². The fourth-order valence-corrected chi connectivity index (χ4v) is 9.79. The summed E-state index contributed by atoms with van der Waals surface area (Å²) in [6, 6.07) is -0.637. The zero-order chi connectivity index (χ0) is 47.7. The van der Waals surface area contributed by atoms with Crippen molar-refractivity contribution in [3.8, 4) is 0 Å². The van der Waals surface area contributed by atoms with E-state index in [0.717, 1.165) is 32.1 Å². The molecule has 0 aliphatic heterocycles. The monoisotopic (exact) mass is 928 g/mol. The fourth-order valence-electron chi connectivity index (χ4n) is 9.79. The van der Waals surface area contributed by atoms with Gasteiger partial charge in [0.25, 0.3) is 0 Å². The third-order valence-electron chi connectivity index (χ3n) is 14.4. The van der Waals surface area contributed by atoms with Gasteiger partial charge in [0.05, 0.1) is 18.8 Å². The Morgan fingerprint density at radius 1 is 0.348 bits per heavy atom. The van der Waals surface area contributed by atoms with E-state index in [9.17, 15) is 15.0 Å². The van der Waals surface area contributed by atoms with Crippen molar-refractivity contribution in [1.29, 1.82) is 0 Å². The van der Waals surface area contributed by atoms with Gasteiger partial charge >= 0.3 is 0 Å². The molecule has 0 aromatic heterocycles. The van der Waals surface area contributed by atoms with E-state index in [1.54, 1.807) is 6.08 Å². The fraction of sp³-hybridized carbons (Fsp3) is 0.919. The minimum absolute atomic E-state index is 0.0655. The molecule has 0 heterocycles. The number of aliphatic hydroxyl groups is 2. The van der Waals surface area contributed by atoms with Gasteiger partial charge in [-0.05, 0) is 32.1 Å². The first-order chi connectivity index (χ1) is 32.7. The van der Waals surface area contributed by atoms with Gasteiger partial charge in [0, 0.05) is 6.42 Å². The summed E-state index contributed by atoms with van der Waals surface area (Å²) in [6.07, 6.45) is 78.0. The van der Waals surface area contributed by atoms with E-state index < -0.39 is 12.1 Å². The van der Waals surface area contributed by atoms with Crippen molar-refractivity contribution in [3.63, 3.8) is 0 Å². The Morgan fingerprint density at radius 2 is 0.591 bits per heavy atom. The second kappa shape index (κ2) is 58.2. The van der Waals surface area contributed by atoms with Gasteiger partial charge in [-0.25, -0.2) is 0 Å². The highest BCUT2D eigenvalue weighted by atomic mass is 16.3. The van der Waals surface area contributed by atoms with E-state index in [4.69, 9.17) is 0 Å². The van der Waals surface area contributed by atoms with Gasteiger partial charge in [-0.15, -0.1) is 0 Å². The number of carbonyl (C=O) groups is 1. The number of carbonyl (C=O) groups excluding carboxylic acids is 1. The molecule has 3 N–H and O–H groups in total. The highest BCUT2D eigenvalue weighted by molar-refractivity contribution is 5.76. The summed E-state index contributed by atoms with van der Waals surface area (Å²) in [4.78, 5) is 12.5. The Kier molecular flexibility index (Phi) is 57.2. The Bertz CT molecular complexity index is 963. The van der Waals surface area contributed by atoms with Gasteiger partial charge in [-0.2, -0.15) is 0 Å². The molecule has 66 heavy (non-hydrogen) atoms. The molecule has 0 radical (unpaired) electrons. The summed E-state index contributed by atoms with van der Waals surface area (Å²) in [6.45, 7) is 4.35. The van der Waals surface area contributed by atoms with Crippen molar-refractivity contribution >= 4 is 5.91 Å². The smallest absolute Gasteiger partial charge is 0.220 e. The molecular formula is C62H121NO3. The molecular weight excluding hydrogens is 807 g/mol. The first kappa shape index (κ1) is 64.9. The van der Waals surface area contributed by atoms with Crippen molar-refractivity contribution < 1.29 is 15.0 Å². The SMILES string of the molecule is CCCCCCCCCCCCCCCCCCCCCCC/C=C/CC/C=C/C(O)C(CO)NC(=O)CCCCCCCCCCCCCCCCCCCCCCCCCCCCC. The quantitative estimate of drug-likeness (QED) is 0.0420. The first-order valence-electron chi connectivity index (χ1n) is 30.6. The lowest BCUT2D eigenvalue weighted by molar-refractivity contribution is -0.123. The second-order valence-electron chi connectivity index (χ2n) is 21.1. The standard InChI is InChI=1S/C62H121NO3/c1-3-5-7-9-11-13-15-17-19-21-23-25-27-29-31-33-35-37-39-41-43-45-47-49-51-53-55-57-61(65)60(59-64)63-62(66)58-56-54-52-50-48-46-44-42-40-38-36-34-32-30-28-26-24-22-20-18-16-14-12-10-8-6-4-2/h47,49,55,57,60-61,64-65H,3-46,48,50-54,56,58-59H2,1-2H3,(H,63,66)/b49-47+,57-55+. The van der Waals surface area contributed by atoms with Crippen LogP contribution in [0.1, 0.15) is 348 Å². The van der Waals surface area contributed by atoms with Gasteiger partial charge in [0.2, 0.25) is 5.91 Å².